The minimum atomic E-state index is -4.56. The van der Waals surface area contributed by atoms with Crippen molar-refractivity contribution in [1.82, 2.24) is 0 Å². The topological polar surface area (TPSA) is 69.4 Å². The molecule has 1 atom stereocenters. The van der Waals surface area contributed by atoms with Crippen molar-refractivity contribution in [3.63, 3.8) is 0 Å². The Bertz CT molecular complexity index is 528. The van der Waals surface area contributed by atoms with E-state index in [4.69, 9.17) is 10.5 Å². The number of benzene rings is 1. The van der Waals surface area contributed by atoms with E-state index in [0.29, 0.717) is 0 Å². The molecule has 0 heterocycles. The van der Waals surface area contributed by atoms with Crippen LogP contribution in [0.3, 0.4) is 0 Å². The summed E-state index contributed by atoms with van der Waals surface area (Å²) in [6, 6.07) is 4.93. The monoisotopic (exact) mass is 297 g/mol. The van der Waals surface area contributed by atoms with E-state index in [-0.39, 0.29) is 17.2 Å². The molecule has 2 N–H and O–H groups in total. The van der Waals surface area contributed by atoms with Crippen LogP contribution in [0.25, 0.3) is 0 Å². The van der Waals surface area contributed by atoms with Gasteiger partial charge in [0.2, 0.25) is 0 Å². The highest BCUT2D eigenvalue weighted by molar-refractivity contribution is 7.90. The Labute approximate surface area is 109 Å². The van der Waals surface area contributed by atoms with Crippen molar-refractivity contribution < 1.29 is 26.3 Å². The molecule has 0 bridgehead atoms. The van der Waals surface area contributed by atoms with Gasteiger partial charge in [-0.1, -0.05) is 6.07 Å². The van der Waals surface area contributed by atoms with Crippen LogP contribution in [0.2, 0.25) is 0 Å². The Morgan fingerprint density at radius 1 is 1.37 bits per heavy atom. The normalized spacial score (nSPS) is 14.2. The zero-order chi connectivity index (χ0) is 14.7. The molecular formula is C11H14F3NO3S. The molecule has 0 amide bonds. The van der Waals surface area contributed by atoms with Gasteiger partial charge in [0.1, 0.15) is 5.75 Å². The largest absolute Gasteiger partial charge is 0.481 e. The molecule has 1 aromatic carbocycles. The van der Waals surface area contributed by atoms with Crippen molar-refractivity contribution in [2.45, 2.75) is 23.6 Å². The van der Waals surface area contributed by atoms with Gasteiger partial charge >= 0.3 is 6.18 Å². The molecular weight excluding hydrogens is 283 g/mol. The van der Waals surface area contributed by atoms with Crippen molar-refractivity contribution in [3.8, 4) is 5.75 Å². The first-order valence-corrected chi connectivity index (χ1v) is 7.27. The van der Waals surface area contributed by atoms with Gasteiger partial charge in [-0.25, -0.2) is 8.42 Å². The molecule has 1 aromatic rings. The lowest BCUT2D eigenvalue weighted by molar-refractivity contribution is -0.196. The first-order valence-electron chi connectivity index (χ1n) is 5.38. The van der Waals surface area contributed by atoms with Gasteiger partial charge < -0.3 is 10.5 Å². The molecule has 0 radical (unpaired) electrons. The van der Waals surface area contributed by atoms with Gasteiger partial charge in [0.25, 0.3) is 0 Å². The first-order chi connectivity index (χ1) is 8.64. The van der Waals surface area contributed by atoms with Crippen LogP contribution >= 0.6 is 0 Å². The fourth-order valence-electron chi connectivity index (χ4n) is 1.38. The van der Waals surface area contributed by atoms with Gasteiger partial charge in [0, 0.05) is 12.7 Å². The predicted octanol–water partition coefficient (Wildman–Crippen LogP) is 1.75. The Balaban J connectivity index is 2.98. The number of ether oxygens (including phenoxy) is 1. The van der Waals surface area contributed by atoms with E-state index in [0.717, 1.165) is 12.3 Å². The van der Waals surface area contributed by atoms with Crippen molar-refractivity contribution in [2.75, 3.05) is 12.8 Å². The molecule has 0 fully saturated rings. The second-order valence-electron chi connectivity index (χ2n) is 3.97. The van der Waals surface area contributed by atoms with Gasteiger partial charge in [-0.05, 0) is 24.7 Å². The number of halogens is 3. The summed E-state index contributed by atoms with van der Waals surface area (Å²) < 4.78 is 65.3. The van der Waals surface area contributed by atoms with Crippen LogP contribution in [0.4, 0.5) is 13.2 Å². The molecule has 0 spiro atoms. The molecule has 0 aliphatic carbocycles. The van der Waals surface area contributed by atoms with Crippen LogP contribution in [0, 0.1) is 0 Å². The molecule has 0 aliphatic heterocycles. The second kappa shape index (κ2) is 5.79. The van der Waals surface area contributed by atoms with Crippen molar-refractivity contribution in [3.05, 3.63) is 24.3 Å². The summed E-state index contributed by atoms with van der Waals surface area (Å²) in [4.78, 5) is -0.0985. The summed E-state index contributed by atoms with van der Waals surface area (Å²) in [5.74, 6) is -0.154. The lowest BCUT2D eigenvalue weighted by atomic mass is 10.2. The summed E-state index contributed by atoms with van der Waals surface area (Å²) in [6.07, 6.45) is -6.03. The van der Waals surface area contributed by atoms with E-state index in [1.807, 2.05) is 0 Å². The minimum absolute atomic E-state index is 0.0985. The lowest BCUT2D eigenvalue weighted by Gasteiger charge is -2.21. The molecule has 19 heavy (non-hydrogen) atoms. The fraction of sp³-hybridized carbons (Fsp3) is 0.455. The smallest absolute Gasteiger partial charge is 0.425 e. The lowest BCUT2D eigenvalue weighted by Crippen LogP contribution is -2.36. The van der Waals surface area contributed by atoms with Crippen LogP contribution in [0.5, 0.6) is 5.75 Å². The average Bonchev–Trinajstić information content (AvgIpc) is 2.26. The molecule has 1 rings (SSSR count). The summed E-state index contributed by atoms with van der Waals surface area (Å²) >= 11 is 0. The van der Waals surface area contributed by atoms with E-state index >= 15 is 0 Å². The third kappa shape index (κ3) is 4.71. The van der Waals surface area contributed by atoms with Crippen molar-refractivity contribution >= 4 is 9.84 Å². The molecule has 108 valence electrons. The van der Waals surface area contributed by atoms with Crippen molar-refractivity contribution in [2.24, 2.45) is 5.73 Å². The minimum Gasteiger partial charge on any atom is -0.481 e. The summed E-state index contributed by atoms with van der Waals surface area (Å²) in [6.45, 7) is -0.185. The highest BCUT2D eigenvalue weighted by Crippen LogP contribution is 2.28. The summed E-state index contributed by atoms with van der Waals surface area (Å²) in [5.41, 5.74) is 5.10. The molecule has 0 saturated heterocycles. The Morgan fingerprint density at radius 2 is 2.00 bits per heavy atom. The molecule has 0 aliphatic rings. The van der Waals surface area contributed by atoms with Gasteiger partial charge in [-0.15, -0.1) is 0 Å². The van der Waals surface area contributed by atoms with E-state index < -0.39 is 28.5 Å². The summed E-state index contributed by atoms with van der Waals surface area (Å²) in [7, 11) is -3.49. The van der Waals surface area contributed by atoms with Gasteiger partial charge in [-0.2, -0.15) is 13.2 Å². The van der Waals surface area contributed by atoms with Crippen molar-refractivity contribution in [1.29, 1.82) is 0 Å². The zero-order valence-corrected chi connectivity index (χ0v) is 11.0. The predicted molar refractivity (Wildman–Crippen MR) is 63.7 cm³/mol. The SMILES string of the molecule is CS(=O)(=O)c1cccc(OC(CCN)C(F)(F)F)c1. The van der Waals surface area contributed by atoms with Crippen LogP contribution in [0.15, 0.2) is 29.2 Å². The standard InChI is InChI=1S/C11H14F3NO3S/c1-19(16,17)9-4-2-3-8(7-9)18-10(5-6-15)11(12,13)14/h2-4,7,10H,5-6,15H2,1H3. The maximum absolute atomic E-state index is 12.6. The Morgan fingerprint density at radius 3 is 2.47 bits per heavy atom. The van der Waals surface area contributed by atoms with Gasteiger partial charge in [0.15, 0.2) is 15.9 Å². The number of hydrogen-bond acceptors (Lipinski definition) is 4. The number of rotatable bonds is 5. The highest BCUT2D eigenvalue weighted by atomic mass is 32.2. The molecule has 1 unspecified atom stereocenters. The van der Waals surface area contributed by atoms with Crippen LogP contribution in [-0.2, 0) is 9.84 Å². The quantitative estimate of drug-likeness (QED) is 0.899. The first kappa shape index (κ1) is 15.8. The third-order valence-electron chi connectivity index (χ3n) is 2.31. The van der Waals surface area contributed by atoms with E-state index in [2.05, 4.69) is 0 Å². The van der Waals surface area contributed by atoms with Crippen LogP contribution in [-0.4, -0.2) is 33.5 Å². The molecule has 8 heteroatoms. The number of hydrogen-bond donors (Lipinski definition) is 1. The molecule has 0 aromatic heterocycles. The average molecular weight is 297 g/mol. The van der Waals surface area contributed by atoms with E-state index in [9.17, 15) is 21.6 Å². The zero-order valence-electron chi connectivity index (χ0n) is 10.1. The van der Waals surface area contributed by atoms with Gasteiger partial charge in [0.05, 0.1) is 4.90 Å². The van der Waals surface area contributed by atoms with Gasteiger partial charge in [-0.3, -0.25) is 0 Å². The second-order valence-corrected chi connectivity index (χ2v) is 5.99. The van der Waals surface area contributed by atoms with E-state index in [1.54, 1.807) is 0 Å². The third-order valence-corrected chi connectivity index (χ3v) is 3.42. The van der Waals surface area contributed by atoms with E-state index in [1.165, 1.54) is 18.2 Å². The Kier molecular flexibility index (Phi) is 4.81. The summed E-state index contributed by atoms with van der Waals surface area (Å²) in [5, 5.41) is 0. The highest BCUT2D eigenvalue weighted by Gasteiger charge is 2.41. The fourth-order valence-corrected chi connectivity index (χ4v) is 2.04. The Hall–Kier alpha value is -1.28. The van der Waals surface area contributed by atoms with Crippen LogP contribution in [0.1, 0.15) is 6.42 Å². The van der Waals surface area contributed by atoms with Crippen LogP contribution < -0.4 is 10.5 Å². The maximum Gasteiger partial charge on any atom is 0.425 e. The molecule has 4 nitrogen and oxygen atoms in total. The number of sulfone groups is 1. The maximum atomic E-state index is 12.6. The number of nitrogens with two attached hydrogens (primary N) is 1. The molecule has 0 saturated carbocycles. The number of alkyl halides is 3.